The average molecular weight is 528 g/mol. The van der Waals surface area contributed by atoms with Gasteiger partial charge in [-0.3, -0.25) is 9.69 Å². The van der Waals surface area contributed by atoms with E-state index in [4.69, 9.17) is 15.5 Å². The summed E-state index contributed by atoms with van der Waals surface area (Å²) in [5.41, 5.74) is 7.93. The van der Waals surface area contributed by atoms with Crippen LogP contribution in [0.15, 0.2) is 60.8 Å². The monoisotopic (exact) mass is 527 g/mol. The van der Waals surface area contributed by atoms with Crippen LogP contribution in [-0.2, 0) is 4.79 Å². The second-order valence-electron chi connectivity index (χ2n) is 10.9. The number of nitrogens with one attached hydrogen (secondary N) is 1. The van der Waals surface area contributed by atoms with Crippen LogP contribution in [0.3, 0.4) is 0 Å². The molecule has 0 unspecified atom stereocenters. The molecule has 204 valence electrons. The molecule has 0 spiro atoms. The van der Waals surface area contributed by atoms with E-state index < -0.39 is 0 Å². The van der Waals surface area contributed by atoms with Gasteiger partial charge in [-0.1, -0.05) is 32.0 Å². The van der Waals surface area contributed by atoms with Crippen LogP contribution in [0.25, 0.3) is 22.4 Å². The molecular formula is C30H37N7O2. The number of amides is 1. The maximum absolute atomic E-state index is 12.9. The van der Waals surface area contributed by atoms with Crippen LogP contribution in [0, 0.1) is 5.92 Å². The van der Waals surface area contributed by atoms with Crippen molar-refractivity contribution >= 4 is 22.8 Å². The highest BCUT2D eigenvalue weighted by Gasteiger charge is 2.30. The first kappa shape index (κ1) is 26.6. The number of aromatic nitrogens is 4. The molecule has 0 aliphatic heterocycles. The van der Waals surface area contributed by atoms with Crippen molar-refractivity contribution in [1.82, 2.24) is 30.0 Å². The molecule has 39 heavy (non-hydrogen) atoms. The fourth-order valence-corrected chi connectivity index (χ4v) is 5.53. The van der Waals surface area contributed by atoms with E-state index in [-0.39, 0.29) is 30.0 Å². The minimum Gasteiger partial charge on any atom is -0.457 e. The molecule has 1 aliphatic rings. The third kappa shape index (κ3) is 5.88. The molecule has 9 heteroatoms. The van der Waals surface area contributed by atoms with Gasteiger partial charge in [-0.25, -0.2) is 14.6 Å². The normalized spacial score (nSPS) is 18.4. The Bertz CT molecular complexity index is 1400. The first-order valence-corrected chi connectivity index (χ1v) is 13.6. The van der Waals surface area contributed by atoms with E-state index in [1.165, 1.54) is 0 Å². The SMILES string of the molecule is CC(C)[C@@H](C(=O)NC1CCC(n2ncc3c(N)nc(-c4ccc(Oc5ccccc5)cc4)nc32)CC1)N(C)C. The summed E-state index contributed by atoms with van der Waals surface area (Å²) in [6.07, 6.45) is 5.35. The Labute approximate surface area is 229 Å². The third-order valence-electron chi connectivity index (χ3n) is 7.42. The zero-order valence-corrected chi connectivity index (χ0v) is 23.0. The smallest absolute Gasteiger partial charge is 0.237 e. The van der Waals surface area contributed by atoms with E-state index in [2.05, 4.69) is 29.2 Å². The molecule has 1 amide bonds. The third-order valence-corrected chi connectivity index (χ3v) is 7.42. The summed E-state index contributed by atoms with van der Waals surface area (Å²) in [6.45, 7) is 4.16. The molecule has 0 radical (unpaired) electrons. The van der Waals surface area contributed by atoms with Gasteiger partial charge >= 0.3 is 0 Å². The molecule has 3 N–H and O–H groups in total. The molecule has 2 heterocycles. The summed E-state index contributed by atoms with van der Waals surface area (Å²) in [6, 6.07) is 17.6. The van der Waals surface area contributed by atoms with E-state index in [0.29, 0.717) is 11.6 Å². The van der Waals surface area contributed by atoms with Gasteiger partial charge in [0.2, 0.25) is 5.91 Å². The lowest BCUT2D eigenvalue weighted by molar-refractivity contribution is -0.128. The number of hydrogen-bond donors (Lipinski definition) is 2. The van der Waals surface area contributed by atoms with Gasteiger partial charge in [0.05, 0.1) is 23.7 Å². The summed E-state index contributed by atoms with van der Waals surface area (Å²) in [7, 11) is 3.91. The number of rotatable bonds is 8. The first-order chi connectivity index (χ1) is 18.8. The number of nitrogens with zero attached hydrogens (tertiary/aromatic N) is 5. The minimum absolute atomic E-state index is 0.105. The number of carbonyl (C=O) groups excluding carboxylic acids is 1. The van der Waals surface area contributed by atoms with Crippen LogP contribution in [0.1, 0.15) is 45.6 Å². The molecule has 1 saturated carbocycles. The predicted molar refractivity (Wildman–Crippen MR) is 153 cm³/mol. The lowest BCUT2D eigenvalue weighted by Gasteiger charge is -2.33. The Morgan fingerprint density at radius 2 is 1.67 bits per heavy atom. The molecule has 1 atom stereocenters. The van der Waals surface area contributed by atoms with Gasteiger partial charge in [-0.05, 0) is 82.1 Å². The van der Waals surface area contributed by atoms with Crippen molar-refractivity contribution < 1.29 is 9.53 Å². The largest absolute Gasteiger partial charge is 0.457 e. The van der Waals surface area contributed by atoms with Crippen LogP contribution < -0.4 is 15.8 Å². The highest BCUT2D eigenvalue weighted by atomic mass is 16.5. The van der Waals surface area contributed by atoms with E-state index in [1.54, 1.807) is 6.20 Å². The highest BCUT2D eigenvalue weighted by Crippen LogP contribution is 2.33. The maximum atomic E-state index is 12.9. The number of hydrogen-bond acceptors (Lipinski definition) is 7. The van der Waals surface area contributed by atoms with E-state index in [9.17, 15) is 4.79 Å². The van der Waals surface area contributed by atoms with Gasteiger partial charge in [-0.2, -0.15) is 5.10 Å². The molecule has 2 aromatic carbocycles. The standard InChI is InChI=1S/C30H37N7O2/c1-19(2)26(36(3)4)30(38)33-21-12-14-22(15-13-21)37-29-25(18-32-37)27(31)34-28(35-29)20-10-16-24(17-11-20)39-23-8-6-5-7-9-23/h5-11,16-19,21-22,26H,12-15H2,1-4H3,(H,33,38)(H2,31,34,35)/t21?,22?,26-/m0/s1. The quantitative estimate of drug-likeness (QED) is 0.330. The summed E-state index contributed by atoms with van der Waals surface area (Å²) in [5.74, 6) is 2.83. The predicted octanol–water partition coefficient (Wildman–Crippen LogP) is 5.05. The molecule has 4 aromatic rings. The molecule has 5 rings (SSSR count). The van der Waals surface area contributed by atoms with Gasteiger partial charge in [-0.15, -0.1) is 0 Å². The van der Waals surface area contributed by atoms with E-state index in [1.807, 2.05) is 78.3 Å². The van der Waals surface area contributed by atoms with Crippen molar-refractivity contribution in [2.24, 2.45) is 5.92 Å². The van der Waals surface area contributed by atoms with Crippen LogP contribution in [0.4, 0.5) is 5.82 Å². The van der Waals surface area contributed by atoms with Crippen molar-refractivity contribution in [2.45, 2.75) is 57.7 Å². The fraction of sp³-hybridized carbons (Fsp3) is 0.400. The number of ether oxygens (including phenoxy) is 1. The van der Waals surface area contributed by atoms with Gasteiger partial charge in [0, 0.05) is 11.6 Å². The Morgan fingerprint density at radius 1 is 1.00 bits per heavy atom. The lowest BCUT2D eigenvalue weighted by Crippen LogP contribution is -2.50. The Morgan fingerprint density at radius 3 is 2.31 bits per heavy atom. The molecule has 9 nitrogen and oxygen atoms in total. The Hall–Kier alpha value is -3.98. The molecule has 2 aromatic heterocycles. The highest BCUT2D eigenvalue weighted by molar-refractivity contribution is 5.87. The topological polar surface area (TPSA) is 111 Å². The molecule has 0 saturated heterocycles. The van der Waals surface area contributed by atoms with Crippen molar-refractivity contribution in [1.29, 1.82) is 0 Å². The fourth-order valence-electron chi connectivity index (χ4n) is 5.53. The van der Waals surface area contributed by atoms with Crippen LogP contribution in [-0.4, -0.2) is 56.7 Å². The zero-order valence-electron chi connectivity index (χ0n) is 23.0. The van der Waals surface area contributed by atoms with Gasteiger partial charge in [0.15, 0.2) is 11.5 Å². The minimum atomic E-state index is -0.130. The van der Waals surface area contributed by atoms with Gasteiger partial charge < -0.3 is 15.8 Å². The second kappa shape index (κ2) is 11.4. The molecule has 1 fully saturated rings. The van der Waals surface area contributed by atoms with E-state index >= 15 is 0 Å². The second-order valence-corrected chi connectivity index (χ2v) is 10.9. The summed E-state index contributed by atoms with van der Waals surface area (Å²) in [5, 5.41) is 8.69. The molecular weight excluding hydrogens is 490 g/mol. The lowest BCUT2D eigenvalue weighted by atomic mass is 9.90. The number of nitrogen functional groups attached to an aromatic ring is 1. The first-order valence-electron chi connectivity index (χ1n) is 13.6. The zero-order chi connectivity index (χ0) is 27.5. The number of fused-ring (bicyclic) bond motifs is 1. The number of para-hydroxylation sites is 1. The summed E-state index contributed by atoms with van der Waals surface area (Å²) >= 11 is 0. The summed E-state index contributed by atoms with van der Waals surface area (Å²) < 4.78 is 7.89. The van der Waals surface area contributed by atoms with Crippen LogP contribution in [0.5, 0.6) is 11.5 Å². The number of nitrogens with two attached hydrogens (primary N) is 1. The molecule has 0 bridgehead atoms. The van der Waals surface area contributed by atoms with Crippen LogP contribution >= 0.6 is 0 Å². The van der Waals surface area contributed by atoms with Crippen molar-refractivity contribution in [2.75, 3.05) is 19.8 Å². The van der Waals surface area contributed by atoms with Gasteiger partial charge in [0.1, 0.15) is 17.3 Å². The van der Waals surface area contributed by atoms with Crippen molar-refractivity contribution in [3.8, 4) is 22.9 Å². The van der Waals surface area contributed by atoms with E-state index in [0.717, 1.165) is 53.8 Å². The Kier molecular flexibility index (Phi) is 7.79. The maximum Gasteiger partial charge on any atom is 0.237 e. The summed E-state index contributed by atoms with van der Waals surface area (Å²) in [4.78, 5) is 24.3. The Balaban J connectivity index is 1.29. The number of carbonyl (C=O) groups is 1. The van der Waals surface area contributed by atoms with Gasteiger partial charge in [0.25, 0.3) is 0 Å². The van der Waals surface area contributed by atoms with Crippen molar-refractivity contribution in [3.63, 3.8) is 0 Å². The molecule has 1 aliphatic carbocycles. The number of benzene rings is 2. The number of anilines is 1. The van der Waals surface area contributed by atoms with Crippen molar-refractivity contribution in [3.05, 3.63) is 60.8 Å². The number of likely N-dealkylation sites (N-methyl/N-ethyl adjacent to an activating group) is 1. The average Bonchev–Trinajstić information content (AvgIpc) is 3.34. The van der Waals surface area contributed by atoms with Crippen LogP contribution in [0.2, 0.25) is 0 Å².